The number of benzene rings is 2. The summed E-state index contributed by atoms with van der Waals surface area (Å²) in [6.07, 6.45) is -1.06. The second kappa shape index (κ2) is 11.8. The van der Waals surface area contributed by atoms with Gasteiger partial charge in [-0.15, -0.1) is 0 Å². The molecule has 8 nitrogen and oxygen atoms in total. The molecule has 1 amide bonds. The molecule has 1 fully saturated rings. The number of carbonyl (C=O) groups excluding carboxylic acids is 1. The van der Waals surface area contributed by atoms with E-state index in [0.29, 0.717) is 21.2 Å². The van der Waals surface area contributed by atoms with Gasteiger partial charge in [0.25, 0.3) is 5.91 Å². The molecule has 200 valence electrons. The van der Waals surface area contributed by atoms with E-state index in [4.69, 9.17) is 27.9 Å². The van der Waals surface area contributed by atoms with E-state index >= 15 is 0 Å². The molecule has 4 rings (SSSR count). The van der Waals surface area contributed by atoms with Gasteiger partial charge in [0.2, 0.25) is 0 Å². The Bertz CT molecular complexity index is 1400. The molecule has 0 unspecified atom stereocenters. The van der Waals surface area contributed by atoms with Gasteiger partial charge in [0.15, 0.2) is 14.9 Å². The van der Waals surface area contributed by atoms with Gasteiger partial charge in [-0.25, -0.2) is 13.4 Å². The molecule has 4 atom stereocenters. The summed E-state index contributed by atoms with van der Waals surface area (Å²) in [7, 11) is -3.89. The van der Waals surface area contributed by atoms with Crippen molar-refractivity contribution in [3.8, 4) is 0 Å². The zero-order chi connectivity index (χ0) is 27.4. The molecule has 0 spiro atoms. The van der Waals surface area contributed by atoms with Crippen LogP contribution in [0.1, 0.15) is 43.0 Å². The fraction of sp³-hybridized carbons (Fsp3) is 0.296. The number of carboxylic acid groups (broad SMARTS) is 1. The van der Waals surface area contributed by atoms with E-state index in [-0.39, 0.29) is 11.4 Å². The molecule has 1 aliphatic heterocycles. The number of aromatic nitrogens is 1. The van der Waals surface area contributed by atoms with E-state index in [9.17, 15) is 23.1 Å². The van der Waals surface area contributed by atoms with Gasteiger partial charge in [-0.3, -0.25) is 9.59 Å². The monoisotopic (exact) mass is 576 g/mol. The number of ether oxygens (including phenoxy) is 1. The van der Waals surface area contributed by atoms with Crippen LogP contribution in [0.4, 0.5) is 0 Å². The normalized spacial score (nSPS) is 20.8. The van der Waals surface area contributed by atoms with Crippen molar-refractivity contribution in [1.29, 1.82) is 0 Å². The van der Waals surface area contributed by atoms with Crippen LogP contribution in [0.2, 0.25) is 10.0 Å². The molecule has 1 aliphatic rings. The van der Waals surface area contributed by atoms with Crippen LogP contribution < -0.4 is 0 Å². The Morgan fingerprint density at radius 2 is 1.79 bits per heavy atom. The van der Waals surface area contributed by atoms with Crippen molar-refractivity contribution in [3.05, 3.63) is 94.1 Å². The number of morpholine rings is 1. The topological polar surface area (TPSA) is 114 Å². The maximum Gasteiger partial charge on any atom is 0.306 e. The van der Waals surface area contributed by atoms with Gasteiger partial charge in [0, 0.05) is 22.3 Å². The Labute approximate surface area is 231 Å². The third-order valence-corrected chi connectivity index (χ3v) is 8.60. The van der Waals surface area contributed by atoms with E-state index in [1.165, 1.54) is 17.2 Å². The lowest BCUT2D eigenvalue weighted by Crippen LogP contribution is -2.56. The Hall–Kier alpha value is -2.98. The molecule has 0 bridgehead atoms. The van der Waals surface area contributed by atoms with Crippen LogP contribution in [-0.2, 0) is 24.2 Å². The number of sulfone groups is 1. The van der Waals surface area contributed by atoms with Crippen LogP contribution in [0.15, 0.2) is 78.0 Å². The number of hydrogen-bond acceptors (Lipinski definition) is 6. The minimum absolute atomic E-state index is 0.101. The Kier molecular flexibility index (Phi) is 8.72. The first kappa shape index (κ1) is 28.0. The maximum atomic E-state index is 13.9. The molecule has 1 N–H and O–H groups in total. The molecule has 1 aromatic heterocycles. The van der Waals surface area contributed by atoms with E-state index in [2.05, 4.69) is 4.98 Å². The smallest absolute Gasteiger partial charge is 0.306 e. The van der Waals surface area contributed by atoms with Crippen molar-refractivity contribution in [1.82, 2.24) is 9.88 Å². The number of halogens is 2. The number of pyridine rings is 1. The highest BCUT2D eigenvalue weighted by molar-refractivity contribution is 7.91. The van der Waals surface area contributed by atoms with Crippen molar-refractivity contribution >= 4 is 44.9 Å². The Balaban J connectivity index is 1.86. The van der Waals surface area contributed by atoms with Crippen molar-refractivity contribution < 1.29 is 27.9 Å². The van der Waals surface area contributed by atoms with Crippen LogP contribution >= 0.6 is 23.2 Å². The molecule has 0 radical (unpaired) electrons. The second-order valence-corrected chi connectivity index (χ2v) is 11.8. The zero-order valence-electron chi connectivity index (χ0n) is 20.4. The average Bonchev–Trinajstić information content (AvgIpc) is 2.89. The van der Waals surface area contributed by atoms with Crippen molar-refractivity contribution in [2.45, 2.75) is 49.1 Å². The lowest BCUT2D eigenvalue weighted by molar-refractivity contribution is -0.182. The van der Waals surface area contributed by atoms with Crippen molar-refractivity contribution in [2.24, 2.45) is 0 Å². The summed E-state index contributed by atoms with van der Waals surface area (Å²) in [5.74, 6) is -2.22. The quantitative estimate of drug-likeness (QED) is 0.375. The SMILES string of the molecule is CC[C@@H](CS(=O)(=O)c1ccccn1)N1C(=O)[C@H](CC(=O)O)O[C@H](c2cccc(Cl)c2)[C@H]1c1ccc(Cl)cc1. The maximum absolute atomic E-state index is 13.9. The molecule has 1 saturated heterocycles. The number of hydrogen-bond donors (Lipinski definition) is 1. The summed E-state index contributed by atoms with van der Waals surface area (Å²) in [6.45, 7) is 1.78. The predicted octanol–water partition coefficient (Wildman–Crippen LogP) is 5.13. The first-order chi connectivity index (χ1) is 18.1. The van der Waals surface area contributed by atoms with Gasteiger partial charge >= 0.3 is 5.97 Å². The molecule has 2 aromatic carbocycles. The minimum atomic E-state index is -3.89. The van der Waals surface area contributed by atoms with Crippen LogP contribution in [0.25, 0.3) is 0 Å². The lowest BCUT2D eigenvalue weighted by atomic mass is 9.89. The zero-order valence-corrected chi connectivity index (χ0v) is 22.7. The molecular formula is C27H26Cl2N2O6S. The van der Waals surface area contributed by atoms with Gasteiger partial charge in [0.1, 0.15) is 12.2 Å². The van der Waals surface area contributed by atoms with Gasteiger partial charge in [-0.1, -0.05) is 60.5 Å². The van der Waals surface area contributed by atoms with E-state index in [1.807, 2.05) is 0 Å². The first-order valence-electron chi connectivity index (χ1n) is 11.9. The standard InChI is InChI=1S/C27H26Cl2N2O6S/c1-2-21(16-38(35,36)23-8-3-4-13-30-23)31-25(17-9-11-19(28)12-10-17)26(18-6-5-7-20(29)14-18)37-22(27(31)34)15-24(32)33/h3-14,21-22,25-26H,2,15-16H2,1H3,(H,32,33)/t21-,22-,25+,26+/m0/s1. The van der Waals surface area contributed by atoms with Crippen molar-refractivity contribution in [3.63, 3.8) is 0 Å². The number of aliphatic carboxylic acids is 1. The Morgan fingerprint density at radius 3 is 2.39 bits per heavy atom. The summed E-state index contributed by atoms with van der Waals surface area (Å²) in [5.41, 5.74) is 1.27. The van der Waals surface area contributed by atoms with E-state index < -0.39 is 58.2 Å². The fourth-order valence-electron chi connectivity index (χ4n) is 4.66. The minimum Gasteiger partial charge on any atom is -0.481 e. The summed E-state index contributed by atoms with van der Waals surface area (Å²) in [4.78, 5) is 31.0. The van der Waals surface area contributed by atoms with Crippen LogP contribution in [-0.4, -0.2) is 53.2 Å². The summed E-state index contributed by atoms with van der Waals surface area (Å²) < 4.78 is 32.8. The third kappa shape index (κ3) is 6.18. The molecule has 3 aromatic rings. The fourth-order valence-corrected chi connectivity index (χ4v) is 6.57. The highest BCUT2D eigenvalue weighted by atomic mass is 35.5. The number of rotatable bonds is 9. The molecule has 38 heavy (non-hydrogen) atoms. The number of amides is 1. The second-order valence-electron chi connectivity index (χ2n) is 8.95. The summed E-state index contributed by atoms with van der Waals surface area (Å²) in [6, 6.07) is 16.7. The third-order valence-electron chi connectivity index (χ3n) is 6.41. The number of nitrogens with zero attached hydrogens (tertiary/aromatic N) is 2. The predicted molar refractivity (Wildman–Crippen MR) is 143 cm³/mol. The summed E-state index contributed by atoms with van der Waals surface area (Å²) in [5, 5.41) is 10.3. The van der Waals surface area contributed by atoms with Gasteiger partial charge < -0.3 is 14.7 Å². The van der Waals surface area contributed by atoms with Gasteiger partial charge in [0.05, 0.1) is 18.2 Å². The molecule has 2 heterocycles. The molecule has 0 aliphatic carbocycles. The van der Waals surface area contributed by atoms with Crippen LogP contribution in [0.5, 0.6) is 0 Å². The Morgan fingerprint density at radius 1 is 1.05 bits per heavy atom. The first-order valence-corrected chi connectivity index (χ1v) is 14.4. The number of carbonyl (C=O) groups is 2. The lowest BCUT2D eigenvalue weighted by Gasteiger charge is -2.48. The highest BCUT2D eigenvalue weighted by Crippen LogP contribution is 2.45. The molecule has 11 heteroatoms. The highest BCUT2D eigenvalue weighted by Gasteiger charge is 2.48. The van der Waals surface area contributed by atoms with Crippen LogP contribution in [0.3, 0.4) is 0 Å². The largest absolute Gasteiger partial charge is 0.481 e. The molecule has 0 saturated carbocycles. The van der Waals surface area contributed by atoms with E-state index in [0.717, 1.165) is 0 Å². The molecular weight excluding hydrogens is 551 g/mol. The average molecular weight is 577 g/mol. The number of carboxylic acids is 1. The van der Waals surface area contributed by atoms with Gasteiger partial charge in [-0.2, -0.15) is 0 Å². The van der Waals surface area contributed by atoms with Crippen LogP contribution in [0, 0.1) is 0 Å². The van der Waals surface area contributed by atoms with E-state index in [1.54, 1.807) is 67.6 Å². The summed E-state index contributed by atoms with van der Waals surface area (Å²) >= 11 is 12.4. The van der Waals surface area contributed by atoms with Crippen molar-refractivity contribution in [2.75, 3.05) is 5.75 Å². The van der Waals surface area contributed by atoms with Gasteiger partial charge in [-0.05, 0) is 53.9 Å².